The van der Waals surface area contributed by atoms with E-state index in [-0.39, 0.29) is 0 Å². The van der Waals surface area contributed by atoms with Crippen LogP contribution in [-0.2, 0) is 5.88 Å². The molecule has 2 nitrogen and oxygen atoms in total. The van der Waals surface area contributed by atoms with Crippen molar-refractivity contribution in [1.29, 1.82) is 0 Å². The van der Waals surface area contributed by atoms with Crippen molar-refractivity contribution in [3.63, 3.8) is 0 Å². The van der Waals surface area contributed by atoms with Crippen LogP contribution in [0.2, 0.25) is 0 Å². The molecule has 2 rings (SSSR count). The maximum atomic E-state index is 5.72. The van der Waals surface area contributed by atoms with Crippen LogP contribution in [0.4, 0.5) is 0 Å². The van der Waals surface area contributed by atoms with E-state index < -0.39 is 0 Å². The molecule has 0 atom stereocenters. The molecule has 2 aromatic heterocycles. The summed E-state index contributed by atoms with van der Waals surface area (Å²) in [6, 6.07) is 2.02. The second kappa shape index (κ2) is 3.83. The van der Waals surface area contributed by atoms with Crippen molar-refractivity contribution in [2.24, 2.45) is 0 Å². The van der Waals surface area contributed by atoms with Crippen LogP contribution in [0.3, 0.4) is 0 Å². The highest BCUT2D eigenvalue weighted by Gasteiger charge is 2.07. The molecule has 0 N–H and O–H groups in total. The SMILES string of the molecule is CC(C)c1nc2cnc(CCl)cc2s1. The molecule has 4 heteroatoms. The Bertz CT molecular complexity index is 450. The molecule has 0 aliphatic heterocycles. The van der Waals surface area contributed by atoms with Crippen LogP contribution in [0.1, 0.15) is 30.5 Å². The van der Waals surface area contributed by atoms with Gasteiger partial charge in [-0.25, -0.2) is 4.98 Å². The monoisotopic (exact) mass is 226 g/mol. The summed E-state index contributed by atoms with van der Waals surface area (Å²) in [5.41, 5.74) is 1.89. The van der Waals surface area contributed by atoms with Gasteiger partial charge in [-0.15, -0.1) is 22.9 Å². The molecular formula is C10H11ClN2S. The zero-order chi connectivity index (χ0) is 10.1. The van der Waals surface area contributed by atoms with E-state index in [1.807, 2.05) is 6.07 Å². The quantitative estimate of drug-likeness (QED) is 0.732. The minimum absolute atomic E-state index is 0.463. The molecule has 0 aliphatic carbocycles. The molecule has 14 heavy (non-hydrogen) atoms. The van der Waals surface area contributed by atoms with Gasteiger partial charge >= 0.3 is 0 Å². The van der Waals surface area contributed by atoms with Crippen LogP contribution >= 0.6 is 22.9 Å². The summed E-state index contributed by atoms with van der Waals surface area (Å²) in [7, 11) is 0. The van der Waals surface area contributed by atoms with Crippen molar-refractivity contribution in [2.75, 3.05) is 0 Å². The molecule has 0 aliphatic rings. The van der Waals surface area contributed by atoms with Crippen LogP contribution in [0.15, 0.2) is 12.3 Å². The molecule has 0 amide bonds. The van der Waals surface area contributed by atoms with Crippen molar-refractivity contribution < 1.29 is 0 Å². The van der Waals surface area contributed by atoms with Gasteiger partial charge in [0.1, 0.15) is 0 Å². The number of pyridine rings is 1. The van der Waals surface area contributed by atoms with Gasteiger partial charge in [0.05, 0.1) is 33.0 Å². The zero-order valence-corrected chi connectivity index (χ0v) is 9.69. The lowest BCUT2D eigenvalue weighted by Crippen LogP contribution is -1.84. The average Bonchev–Trinajstić information content (AvgIpc) is 2.59. The maximum Gasteiger partial charge on any atom is 0.0998 e. The number of alkyl halides is 1. The van der Waals surface area contributed by atoms with Gasteiger partial charge in [-0.2, -0.15) is 0 Å². The summed E-state index contributed by atoms with van der Waals surface area (Å²) in [5.74, 6) is 0.942. The Kier molecular flexibility index (Phi) is 2.70. The van der Waals surface area contributed by atoms with Gasteiger partial charge in [0, 0.05) is 5.92 Å². The highest BCUT2D eigenvalue weighted by Crippen LogP contribution is 2.27. The van der Waals surface area contributed by atoms with E-state index in [0.29, 0.717) is 11.8 Å². The summed E-state index contributed by atoms with van der Waals surface area (Å²) >= 11 is 7.44. The largest absolute Gasteiger partial charge is 0.258 e. The van der Waals surface area contributed by atoms with Gasteiger partial charge in [-0.05, 0) is 6.07 Å². The molecule has 0 radical (unpaired) electrons. The Balaban J connectivity index is 2.54. The molecule has 0 fully saturated rings. The lowest BCUT2D eigenvalue weighted by atomic mass is 10.2. The first-order chi connectivity index (χ1) is 6.70. The normalized spacial score (nSPS) is 11.4. The minimum atomic E-state index is 0.463. The minimum Gasteiger partial charge on any atom is -0.258 e. The first-order valence-electron chi connectivity index (χ1n) is 4.52. The van der Waals surface area contributed by atoms with Crippen molar-refractivity contribution in [3.05, 3.63) is 23.0 Å². The highest BCUT2D eigenvalue weighted by molar-refractivity contribution is 7.18. The van der Waals surface area contributed by atoms with Gasteiger partial charge in [-0.1, -0.05) is 13.8 Å². The van der Waals surface area contributed by atoms with Crippen LogP contribution in [-0.4, -0.2) is 9.97 Å². The third-order valence-corrected chi connectivity index (χ3v) is 3.57. The number of hydrogen-bond donors (Lipinski definition) is 0. The predicted molar refractivity (Wildman–Crippen MR) is 61.1 cm³/mol. The number of hydrogen-bond acceptors (Lipinski definition) is 3. The predicted octanol–water partition coefficient (Wildman–Crippen LogP) is 3.55. The fraction of sp³-hybridized carbons (Fsp3) is 0.400. The van der Waals surface area contributed by atoms with E-state index in [0.717, 1.165) is 16.2 Å². The zero-order valence-electron chi connectivity index (χ0n) is 8.12. The van der Waals surface area contributed by atoms with Crippen molar-refractivity contribution in [3.8, 4) is 0 Å². The molecule has 74 valence electrons. The molecule has 0 spiro atoms. The second-order valence-electron chi connectivity index (χ2n) is 3.48. The fourth-order valence-electron chi connectivity index (χ4n) is 1.21. The smallest absolute Gasteiger partial charge is 0.0998 e. The van der Waals surface area contributed by atoms with E-state index in [1.54, 1.807) is 17.5 Å². The summed E-state index contributed by atoms with van der Waals surface area (Å²) in [6.45, 7) is 4.29. The lowest BCUT2D eigenvalue weighted by Gasteiger charge is -1.94. The van der Waals surface area contributed by atoms with Gasteiger partial charge in [-0.3, -0.25) is 4.98 Å². The second-order valence-corrected chi connectivity index (χ2v) is 4.81. The van der Waals surface area contributed by atoms with Crippen molar-refractivity contribution in [1.82, 2.24) is 9.97 Å². The van der Waals surface area contributed by atoms with E-state index in [4.69, 9.17) is 11.6 Å². The molecule has 0 saturated heterocycles. The average molecular weight is 227 g/mol. The Labute approximate surface area is 92.0 Å². The molecule has 0 aromatic carbocycles. The van der Waals surface area contributed by atoms with Gasteiger partial charge < -0.3 is 0 Å². The Morgan fingerprint density at radius 3 is 2.93 bits per heavy atom. The van der Waals surface area contributed by atoms with Crippen LogP contribution in [0.5, 0.6) is 0 Å². The number of halogens is 1. The van der Waals surface area contributed by atoms with Crippen LogP contribution in [0.25, 0.3) is 10.2 Å². The van der Waals surface area contributed by atoms with Gasteiger partial charge in [0.2, 0.25) is 0 Å². The molecule has 2 aromatic rings. The summed E-state index contributed by atoms with van der Waals surface area (Å²) < 4.78 is 1.18. The van der Waals surface area contributed by atoms with Crippen LogP contribution < -0.4 is 0 Å². The number of rotatable bonds is 2. The van der Waals surface area contributed by atoms with E-state index in [2.05, 4.69) is 23.8 Å². The Morgan fingerprint density at radius 2 is 2.29 bits per heavy atom. The Morgan fingerprint density at radius 1 is 1.50 bits per heavy atom. The number of aromatic nitrogens is 2. The van der Waals surface area contributed by atoms with E-state index in [9.17, 15) is 0 Å². The number of thiazole rings is 1. The van der Waals surface area contributed by atoms with Crippen molar-refractivity contribution in [2.45, 2.75) is 25.6 Å². The maximum absolute atomic E-state index is 5.72. The number of nitrogens with zero attached hydrogens (tertiary/aromatic N) is 2. The molecule has 0 unspecified atom stereocenters. The molecular weight excluding hydrogens is 216 g/mol. The third kappa shape index (κ3) is 1.74. The lowest BCUT2D eigenvalue weighted by molar-refractivity contribution is 0.856. The van der Waals surface area contributed by atoms with Gasteiger partial charge in [0.25, 0.3) is 0 Å². The topological polar surface area (TPSA) is 25.8 Å². The van der Waals surface area contributed by atoms with E-state index in [1.165, 1.54) is 4.70 Å². The fourth-order valence-corrected chi connectivity index (χ4v) is 2.36. The Hall–Kier alpha value is -0.670. The van der Waals surface area contributed by atoms with Crippen molar-refractivity contribution >= 4 is 33.2 Å². The summed E-state index contributed by atoms with van der Waals surface area (Å²) in [5, 5.41) is 1.16. The molecule has 2 heterocycles. The first-order valence-corrected chi connectivity index (χ1v) is 5.87. The van der Waals surface area contributed by atoms with Crippen LogP contribution in [0, 0.1) is 0 Å². The standard InChI is InChI=1S/C10H11ClN2S/c1-6(2)10-13-8-5-12-7(4-11)3-9(8)14-10/h3,5-6H,4H2,1-2H3. The summed E-state index contributed by atoms with van der Waals surface area (Å²) in [6.07, 6.45) is 1.80. The summed E-state index contributed by atoms with van der Waals surface area (Å²) in [4.78, 5) is 8.71. The van der Waals surface area contributed by atoms with E-state index >= 15 is 0 Å². The van der Waals surface area contributed by atoms with Gasteiger partial charge in [0.15, 0.2) is 0 Å². The molecule has 0 bridgehead atoms. The third-order valence-electron chi connectivity index (χ3n) is 1.98. The molecule has 0 saturated carbocycles. The number of fused-ring (bicyclic) bond motifs is 1. The highest BCUT2D eigenvalue weighted by atomic mass is 35.5. The first kappa shape index (κ1) is 9.87.